The second kappa shape index (κ2) is 14.8. The lowest BCUT2D eigenvalue weighted by Crippen LogP contribution is -2.21. The summed E-state index contributed by atoms with van der Waals surface area (Å²) in [5.74, 6) is 0.932. The minimum Gasteiger partial charge on any atom is -0.309 e. The fraction of sp³-hybridized carbons (Fsp3) is 0.217. The Morgan fingerprint density at radius 2 is 1.11 bits per heavy atom. The minimum absolute atomic E-state index is 0.00971. The summed E-state index contributed by atoms with van der Waals surface area (Å²) in [6.07, 6.45) is 2.04. The topological polar surface area (TPSA) is 17.3 Å². The SMILES string of the molecule is CCC(C)C(=NC(c1ccccc1)C(CC)C(C)c1ccccc1)c1ccc(-n2c3cccc4c5ccc6c(c5c5cccc2c5c43)C(C)(C)c2ccccc2-6)c2ccccc12. The van der Waals surface area contributed by atoms with E-state index in [-0.39, 0.29) is 17.4 Å². The Kier molecular flexibility index (Phi) is 9.20. The molecule has 0 aliphatic heterocycles. The van der Waals surface area contributed by atoms with Gasteiger partial charge >= 0.3 is 0 Å². The molecule has 10 aromatic rings. The van der Waals surface area contributed by atoms with Crippen LogP contribution in [0.5, 0.6) is 0 Å². The molecule has 1 heterocycles. The van der Waals surface area contributed by atoms with Crippen molar-refractivity contribution in [2.24, 2.45) is 16.8 Å². The molecule has 0 radical (unpaired) electrons. The van der Waals surface area contributed by atoms with E-state index in [0.29, 0.717) is 11.8 Å². The van der Waals surface area contributed by atoms with Crippen molar-refractivity contribution in [3.05, 3.63) is 198 Å². The number of benzene rings is 9. The van der Waals surface area contributed by atoms with Crippen LogP contribution in [0.15, 0.2) is 175 Å². The number of rotatable bonds is 10. The van der Waals surface area contributed by atoms with E-state index in [1.807, 2.05) is 0 Å². The van der Waals surface area contributed by atoms with Gasteiger partial charge in [0.2, 0.25) is 0 Å². The zero-order valence-electron chi connectivity index (χ0n) is 36.8. The van der Waals surface area contributed by atoms with Crippen LogP contribution in [-0.4, -0.2) is 10.3 Å². The van der Waals surface area contributed by atoms with Crippen LogP contribution >= 0.6 is 0 Å². The quantitative estimate of drug-likeness (QED) is 0.0968. The average Bonchev–Trinajstić information content (AvgIpc) is 3.78. The van der Waals surface area contributed by atoms with Crippen molar-refractivity contribution in [1.82, 2.24) is 4.57 Å². The molecule has 1 aromatic heterocycles. The van der Waals surface area contributed by atoms with Gasteiger partial charge in [-0.1, -0.05) is 200 Å². The number of hydrogen-bond donors (Lipinski definition) is 0. The second-order valence-electron chi connectivity index (χ2n) is 18.4. The molecule has 4 unspecified atom stereocenters. The van der Waals surface area contributed by atoms with Gasteiger partial charge in [0.25, 0.3) is 0 Å². The van der Waals surface area contributed by atoms with Crippen LogP contribution in [0.2, 0.25) is 0 Å². The normalized spacial score (nSPS) is 15.7. The van der Waals surface area contributed by atoms with E-state index in [0.717, 1.165) is 12.8 Å². The number of hydrogen-bond acceptors (Lipinski definition) is 1. The largest absolute Gasteiger partial charge is 0.309 e. The smallest absolute Gasteiger partial charge is 0.0786 e. The summed E-state index contributed by atoms with van der Waals surface area (Å²) in [7, 11) is 0. The lowest BCUT2D eigenvalue weighted by molar-refractivity contribution is 0.360. The Labute approximate surface area is 365 Å². The number of nitrogens with zero attached hydrogens (tertiary/aromatic N) is 2. The van der Waals surface area contributed by atoms with E-state index in [9.17, 15) is 0 Å². The minimum atomic E-state index is -0.120. The molecule has 0 amide bonds. The number of aromatic nitrogens is 1. The van der Waals surface area contributed by atoms with Gasteiger partial charge in [-0.25, -0.2) is 0 Å². The number of aliphatic imine (C=N–C) groups is 1. The highest BCUT2D eigenvalue weighted by molar-refractivity contribution is 6.35. The van der Waals surface area contributed by atoms with Crippen molar-refractivity contribution in [2.75, 3.05) is 0 Å². The molecule has 0 saturated heterocycles. The lowest BCUT2D eigenvalue weighted by Gasteiger charge is -2.31. The fourth-order valence-corrected chi connectivity index (χ4v) is 11.6. The van der Waals surface area contributed by atoms with E-state index >= 15 is 0 Å². The van der Waals surface area contributed by atoms with Gasteiger partial charge < -0.3 is 4.57 Å². The number of fused-ring (bicyclic) bond motifs is 8. The molecular weight excluding hydrogens is 749 g/mol. The molecule has 304 valence electrons. The molecule has 9 aromatic carbocycles. The first-order chi connectivity index (χ1) is 30.3. The summed E-state index contributed by atoms with van der Waals surface area (Å²) in [6, 6.07) is 63.7. The second-order valence-corrected chi connectivity index (χ2v) is 18.4. The van der Waals surface area contributed by atoms with Gasteiger partial charge in [-0.3, -0.25) is 4.99 Å². The van der Waals surface area contributed by atoms with Gasteiger partial charge in [0.1, 0.15) is 0 Å². The van der Waals surface area contributed by atoms with E-state index in [1.54, 1.807) is 0 Å². The van der Waals surface area contributed by atoms with Gasteiger partial charge in [0.15, 0.2) is 0 Å². The van der Waals surface area contributed by atoms with Crippen molar-refractivity contribution < 1.29 is 0 Å². The molecule has 0 fully saturated rings. The predicted molar refractivity (Wildman–Crippen MR) is 266 cm³/mol. The lowest BCUT2D eigenvalue weighted by atomic mass is 9.78. The van der Waals surface area contributed by atoms with Crippen molar-refractivity contribution in [2.45, 2.75) is 71.8 Å². The Bertz CT molecular complexity index is 3330. The Balaban J connectivity index is 1.14. The molecular formula is C60H54N2. The van der Waals surface area contributed by atoms with Crippen molar-refractivity contribution in [1.29, 1.82) is 0 Å². The summed E-state index contributed by atoms with van der Waals surface area (Å²) in [6.45, 7) is 14.2. The third-order valence-electron chi connectivity index (χ3n) is 14.9. The molecule has 0 N–H and O–H groups in total. The summed E-state index contributed by atoms with van der Waals surface area (Å²) >= 11 is 0. The highest BCUT2D eigenvalue weighted by Gasteiger charge is 2.38. The van der Waals surface area contributed by atoms with Crippen LogP contribution in [0.25, 0.3) is 70.9 Å². The Morgan fingerprint density at radius 1 is 0.516 bits per heavy atom. The van der Waals surface area contributed by atoms with E-state index in [2.05, 4.69) is 216 Å². The maximum absolute atomic E-state index is 5.97. The average molecular weight is 803 g/mol. The van der Waals surface area contributed by atoms with E-state index in [1.165, 1.54) is 104 Å². The van der Waals surface area contributed by atoms with Gasteiger partial charge in [-0.15, -0.1) is 0 Å². The fourth-order valence-electron chi connectivity index (χ4n) is 11.6. The van der Waals surface area contributed by atoms with Crippen molar-refractivity contribution in [3.63, 3.8) is 0 Å². The first-order valence-electron chi connectivity index (χ1n) is 22.9. The molecule has 2 heteroatoms. The highest BCUT2D eigenvalue weighted by atomic mass is 15.0. The highest BCUT2D eigenvalue weighted by Crippen LogP contribution is 2.55. The first-order valence-corrected chi connectivity index (χ1v) is 22.9. The molecule has 0 saturated carbocycles. The van der Waals surface area contributed by atoms with Crippen molar-refractivity contribution >= 4 is 59.8 Å². The standard InChI is InChI=1S/C60H54N2/c1-7-37(3)58(61-59(40-23-13-10-14-24-40)41(8-2)38(4)39-21-11-9-12-22-39)48-35-36-51(44-27-16-15-25-42(44)48)62-52-31-19-28-45-46-33-34-47-43-26-17-18-30-50(43)60(5,6)57(47)54(46)49-29-20-32-53(62)56(49)55(45)52/h9-38,41,59H,7-8H2,1-6H3. The zero-order chi connectivity index (χ0) is 42.3. The van der Waals surface area contributed by atoms with Gasteiger partial charge in [-0.2, -0.15) is 0 Å². The van der Waals surface area contributed by atoms with Crippen LogP contribution < -0.4 is 0 Å². The zero-order valence-corrected chi connectivity index (χ0v) is 36.8. The van der Waals surface area contributed by atoms with Gasteiger partial charge in [0.05, 0.1) is 22.8 Å². The van der Waals surface area contributed by atoms with E-state index < -0.39 is 0 Å². The molecule has 0 bridgehead atoms. The predicted octanol–water partition coefficient (Wildman–Crippen LogP) is 16.4. The van der Waals surface area contributed by atoms with Crippen LogP contribution in [0.4, 0.5) is 0 Å². The monoisotopic (exact) mass is 802 g/mol. The molecule has 4 atom stereocenters. The maximum Gasteiger partial charge on any atom is 0.0786 e. The van der Waals surface area contributed by atoms with Crippen molar-refractivity contribution in [3.8, 4) is 16.8 Å². The molecule has 11 rings (SSSR count). The third-order valence-corrected chi connectivity index (χ3v) is 14.9. The van der Waals surface area contributed by atoms with Gasteiger partial charge in [-0.05, 0) is 103 Å². The first kappa shape index (κ1) is 38.4. The molecule has 0 spiro atoms. The third kappa shape index (κ3) is 5.65. The molecule has 2 nitrogen and oxygen atoms in total. The summed E-state index contributed by atoms with van der Waals surface area (Å²) in [5, 5.41) is 10.6. The summed E-state index contributed by atoms with van der Waals surface area (Å²) in [5.41, 5.74) is 14.3. The Morgan fingerprint density at radius 3 is 1.82 bits per heavy atom. The van der Waals surface area contributed by atoms with Crippen LogP contribution in [-0.2, 0) is 5.41 Å². The molecule has 1 aliphatic carbocycles. The molecule has 1 aliphatic rings. The van der Waals surface area contributed by atoms with Gasteiger partial charge in [0, 0.05) is 32.8 Å². The van der Waals surface area contributed by atoms with Crippen LogP contribution in [0, 0.1) is 11.8 Å². The maximum atomic E-state index is 5.97. The van der Waals surface area contributed by atoms with Crippen LogP contribution in [0.1, 0.15) is 94.2 Å². The Hall–Kier alpha value is -6.51. The molecule has 62 heavy (non-hydrogen) atoms. The summed E-state index contributed by atoms with van der Waals surface area (Å²) < 4.78 is 2.55. The summed E-state index contributed by atoms with van der Waals surface area (Å²) in [4.78, 5) is 5.97. The van der Waals surface area contributed by atoms with Crippen LogP contribution in [0.3, 0.4) is 0 Å². The van der Waals surface area contributed by atoms with E-state index in [4.69, 9.17) is 4.99 Å².